The lowest BCUT2D eigenvalue weighted by Gasteiger charge is -2.14. The molecule has 1 aliphatic rings. The number of halogens is 1. The van der Waals surface area contributed by atoms with Gasteiger partial charge in [0, 0.05) is 0 Å². The number of imide groups is 1. The van der Waals surface area contributed by atoms with Gasteiger partial charge in [-0.2, -0.15) is 0 Å². The van der Waals surface area contributed by atoms with E-state index in [1.54, 1.807) is 25.1 Å². The van der Waals surface area contributed by atoms with E-state index in [-0.39, 0.29) is 23.8 Å². The fraction of sp³-hybridized carbons (Fsp3) is 0.238. The van der Waals surface area contributed by atoms with Gasteiger partial charge in [-0.3, -0.25) is 9.69 Å². The number of furan rings is 1. The first-order chi connectivity index (χ1) is 15.2. The van der Waals surface area contributed by atoms with Gasteiger partial charge in [-0.1, -0.05) is 6.07 Å². The van der Waals surface area contributed by atoms with E-state index in [1.165, 1.54) is 32.4 Å². The largest absolute Gasteiger partial charge is 0.478 e. The summed E-state index contributed by atoms with van der Waals surface area (Å²) in [6, 6.07) is 7.37. The Hall–Kier alpha value is -3.35. The molecule has 1 aromatic heterocycles. The van der Waals surface area contributed by atoms with Crippen LogP contribution in [-0.4, -0.2) is 49.1 Å². The van der Waals surface area contributed by atoms with Crippen molar-refractivity contribution in [2.75, 3.05) is 14.2 Å². The van der Waals surface area contributed by atoms with Gasteiger partial charge in [0.05, 0.1) is 24.3 Å². The minimum atomic E-state index is -0.775. The molecule has 0 aliphatic carbocycles. The van der Waals surface area contributed by atoms with Crippen molar-refractivity contribution in [3.8, 4) is 5.75 Å². The quantitative estimate of drug-likeness (QED) is 0.240. The van der Waals surface area contributed by atoms with Crippen molar-refractivity contribution in [2.24, 2.45) is 0 Å². The summed E-state index contributed by atoms with van der Waals surface area (Å²) >= 11 is 2.04. The lowest BCUT2D eigenvalue weighted by atomic mass is 10.2. The maximum Gasteiger partial charge on any atom is 0.373 e. The van der Waals surface area contributed by atoms with Gasteiger partial charge >= 0.3 is 18.0 Å². The van der Waals surface area contributed by atoms with Crippen molar-refractivity contribution in [2.45, 2.75) is 19.6 Å². The molecule has 3 rings (SSSR count). The lowest BCUT2D eigenvalue weighted by Crippen LogP contribution is -2.30. The van der Waals surface area contributed by atoms with Crippen molar-refractivity contribution >= 4 is 52.5 Å². The van der Waals surface area contributed by atoms with Gasteiger partial charge in [0.15, 0.2) is 6.10 Å². The van der Waals surface area contributed by atoms with Crippen LogP contribution in [0.1, 0.15) is 28.8 Å². The first-order valence-corrected chi connectivity index (χ1v) is 10.4. The van der Waals surface area contributed by atoms with E-state index in [9.17, 15) is 19.2 Å². The summed E-state index contributed by atoms with van der Waals surface area (Å²) in [7, 11) is 2.50. The van der Waals surface area contributed by atoms with Crippen LogP contribution >= 0.6 is 22.6 Å². The molecule has 10 nitrogen and oxygen atoms in total. The molecule has 1 fully saturated rings. The van der Waals surface area contributed by atoms with Crippen LogP contribution in [0, 0.1) is 3.57 Å². The second-order valence-electron chi connectivity index (χ2n) is 6.61. The van der Waals surface area contributed by atoms with Gasteiger partial charge in [-0.05, 0) is 65.4 Å². The van der Waals surface area contributed by atoms with Gasteiger partial charge in [0.25, 0.3) is 5.91 Å². The van der Waals surface area contributed by atoms with Crippen molar-refractivity contribution < 1.29 is 37.8 Å². The number of carbonyl (C=O) groups excluding carboxylic acids is 4. The molecule has 32 heavy (non-hydrogen) atoms. The lowest BCUT2D eigenvalue weighted by molar-refractivity contribution is -0.147. The molecule has 168 valence electrons. The third-order valence-corrected chi connectivity index (χ3v) is 5.27. The monoisotopic (exact) mass is 554 g/mol. The first-order valence-electron chi connectivity index (χ1n) is 9.29. The van der Waals surface area contributed by atoms with E-state index < -0.39 is 30.0 Å². The number of carbonyl (C=O) groups is 4. The van der Waals surface area contributed by atoms with Crippen molar-refractivity contribution in [1.29, 1.82) is 0 Å². The van der Waals surface area contributed by atoms with Crippen LogP contribution in [0.2, 0.25) is 0 Å². The molecular weight excluding hydrogens is 535 g/mol. The van der Waals surface area contributed by atoms with Crippen LogP contribution in [0.5, 0.6) is 5.75 Å². The number of ether oxygens (including phenoxy) is 3. The minimum absolute atomic E-state index is 0.0243. The molecule has 2 heterocycles. The molecule has 0 unspecified atom stereocenters. The van der Waals surface area contributed by atoms with Crippen molar-refractivity contribution in [1.82, 2.24) is 10.2 Å². The number of urea groups is 1. The highest BCUT2D eigenvalue weighted by Crippen LogP contribution is 2.25. The van der Waals surface area contributed by atoms with Gasteiger partial charge in [-0.25, -0.2) is 14.4 Å². The SMILES string of the molecule is COC(=O)c1ccc(CN2C(=O)N/C(=C\c3ccc(O[C@@H](C)C(=O)OC)c(I)c3)C2=O)o1. The van der Waals surface area contributed by atoms with Crippen LogP contribution in [-0.2, 0) is 25.6 Å². The Balaban J connectivity index is 1.72. The molecule has 1 atom stereocenters. The zero-order valence-corrected chi connectivity index (χ0v) is 19.5. The number of nitrogens with zero attached hydrogens (tertiary/aromatic N) is 1. The number of methoxy groups -OCH3 is 2. The molecule has 2 aromatic rings. The Morgan fingerprint density at radius 2 is 1.94 bits per heavy atom. The zero-order chi connectivity index (χ0) is 23.4. The number of nitrogens with one attached hydrogen (secondary N) is 1. The fourth-order valence-corrected chi connectivity index (χ4v) is 3.48. The Kier molecular flexibility index (Phi) is 7.18. The Morgan fingerprint density at radius 3 is 2.59 bits per heavy atom. The molecule has 0 bridgehead atoms. The van der Waals surface area contributed by atoms with E-state index in [0.717, 1.165) is 4.90 Å². The summed E-state index contributed by atoms with van der Waals surface area (Å²) in [6.45, 7) is 1.43. The molecule has 1 N–H and O–H groups in total. The maximum absolute atomic E-state index is 12.7. The number of rotatable bonds is 7. The second kappa shape index (κ2) is 9.85. The third-order valence-electron chi connectivity index (χ3n) is 4.43. The van der Waals surface area contributed by atoms with Crippen LogP contribution in [0.25, 0.3) is 6.08 Å². The van der Waals surface area contributed by atoms with E-state index in [1.807, 2.05) is 22.6 Å². The number of esters is 2. The standard InChI is InChI=1S/C21H19IN2O8/c1-11(19(26)29-2)31-16-6-4-12(8-14(16)22)9-15-18(25)24(21(28)23-15)10-13-5-7-17(32-13)20(27)30-3/h4-9,11H,10H2,1-3H3,(H,23,28)/b15-9-/t11-/m0/s1. The number of benzene rings is 1. The third kappa shape index (κ3) is 5.10. The average molecular weight is 554 g/mol. The van der Waals surface area contributed by atoms with Gasteiger partial charge in [0.1, 0.15) is 17.2 Å². The Labute approximate surface area is 196 Å². The molecular formula is C21H19IN2O8. The summed E-state index contributed by atoms with van der Waals surface area (Å²) in [5.41, 5.74) is 0.728. The first kappa shape index (κ1) is 23.3. The number of amides is 3. The van der Waals surface area contributed by atoms with Gasteiger partial charge in [0.2, 0.25) is 5.76 Å². The van der Waals surface area contributed by atoms with Crippen LogP contribution in [0.15, 0.2) is 40.4 Å². The van der Waals surface area contributed by atoms with E-state index in [2.05, 4.69) is 14.8 Å². The second-order valence-corrected chi connectivity index (χ2v) is 7.77. The van der Waals surface area contributed by atoms with E-state index in [4.69, 9.17) is 9.15 Å². The number of hydrogen-bond acceptors (Lipinski definition) is 8. The molecule has 1 aromatic carbocycles. The predicted molar refractivity (Wildman–Crippen MR) is 118 cm³/mol. The predicted octanol–water partition coefficient (Wildman–Crippen LogP) is 2.70. The van der Waals surface area contributed by atoms with Crippen LogP contribution in [0.4, 0.5) is 4.79 Å². The smallest absolute Gasteiger partial charge is 0.373 e. The topological polar surface area (TPSA) is 124 Å². The van der Waals surface area contributed by atoms with Gasteiger partial charge in [-0.15, -0.1) is 0 Å². The Bertz CT molecular complexity index is 1110. The molecule has 1 saturated heterocycles. The van der Waals surface area contributed by atoms with Crippen molar-refractivity contribution in [3.63, 3.8) is 0 Å². The summed E-state index contributed by atoms with van der Waals surface area (Å²) in [6.07, 6.45) is 0.751. The molecule has 0 spiro atoms. The number of hydrogen-bond donors (Lipinski definition) is 1. The van der Waals surface area contributed by atoms with Crippen LogP contribution < -0.4 is 10.1 Å². The summed E-state index contributed by atoms with van der Waals surface area (Å²) < 4.78 is 20.8. The minimum Gasteiger partial charge on any atom is -0.478 e. The summed E-state index contributed by atoms with van der Waals surface area (Å²) in [5, 5.41) is 2.52. The van der Waals surface area contributed by atoms with Crippen molar-refractivity contribution in [3.05, 3.63) is 56.7 Å². The molecule has 0 saturated carbocycles. The highest BCUT2D eigenvalue weighted by molar-refractivity contribution is 14.1. The van der Waals surface area contributed by atoms with Gasteiger partial charge < -0.3 is 23.9 Å². The van der Waals surface area contributed by atoms with E-state index in [0.29, 0.717) is 14.9 Å². The molecule has 11 heteroatoms. The molecule has 1 aliphatic heterocycles. The zero-order valence-electron chi connectivity index (χ0n) is 17.3. The maximum atomic E-state index is 12.7. The average Bonchev–Trinajstić information content (AvgIpc) is 3.35. The van der Waals surface area contributed by atoms with Crippen LogP contribution in [0.3, 0.4) is 0 Å². The normalized spacial score (nSPS) is 15.5. The highest BCUT2D eigenvalue weighted by atomic mass is 127. The van der Waals surface area contributed by atoms with E-state index >= 15 is 0 Å². The highest BCUT2D eigenvalue weighted by Gasteiger charge is 2.34. The Morgan fingerprint density at radius 1 is 1.19 bits per heavy atom. The summed E-state index contributed by atoms with van der Waals surface area (Å²) in [4.78, 5) is 49.0. The fourth-order valence-electron chi connectivity index (χ4n) is 2.82. The molecule has 0 radical (unpaired) electrons. The summed E-state index contributed by atoms with van der Waals surface area (Å²) in [5.74, 6) is -0.984. The molecule has 3 amide bonds.